The summed E-state index contributed by atoms with van der Waals surface area (Å²) in [5.74, 6) is 1.60. The first-order valence-electron chi connectivity index (χ1n) is 6.52. The number of nitrogens with one attached hydrogen (secondary N) is 1. The molecule has 20 heavy (non-hydrogen) atoms. The molecule has 104 valence electrons. The molecule has 0 radical (unpaired) electrons. The topological polar surface area (TPSA) is 30.5 Å². The molecule has 0 bridgehead atoms. The van der Waals surface area contributed by atoms with Crippen molar-refractivity contribution in [1.29, 1.82) is 0 Å². The summed E-state index contributed by atoms with van der Waals surface area (Å²) in [4.78, 5) is 0. The Hall–Kier alpha value is -1.68. The molecule has 0 saturated carbocycles. The van der Waals surface area contributed by atoms with E-state index >= 15 is 0 Å². The Labute approximate surface area is 127 Å². The van der Waals surface area contributed by atoms with Gasteiger partial charge in [0.05, 0.1) is 4.47 Å². The summed E-state index contributed by atoms with van der Waals surface area (Å²) >= 11 is 3.52. The zero-order chi connectivity index (χ0) is 14.1. The van der Waals surface area contributed by atoms with Gasteiger partial charge in [0.2, 0.25) is 6.79 Å². The Morgan fingerprint density at radius 1 is 1.15 bits per heavy atom. The van der Waals surface area contributed by atoms with Crippen LogP contribution >= 0.6 is 15.9 Å². The molecule has 0 unspecified atom stereocenters. The first-order chi connectivity index (χ1) is 9.63. The van der Waals surface area contributed by atoms with Gasteiger partial charge in [0.15, 0.2) is 11.5 Å². The summed E-state index contributed by atoms with van der Waals surface area (Å²) in [5.41, 5.74) is 4.82. The lowest BCUT2D eigenvalue weighted by atomic mass is 10.1. The number of hydrogen-bond acceptors (Lipinski definition) is 3. The molecule has 0 aromatic heterocycles. The molecule has 4 heteroatoms. The van der Waals surface area contributed by atoms with Gasteiger partial charge >= 0.3 is 0 Å². The van der Waals surface area contributed by atoms with Gasteiger partial charge in [0, 0.05) is 12.2 Å². The van der Waals surface area contributed by atoms with E-state index in [1.54, 1.807) is 0 Å². The lowest BCUT2D eigenvalue weighted by molar-refractivity contribution is 0.173. The van der Waals surface area contributed by atoms with Crippen LogP contribution in [0.1, 0.15) is 16.7 Å². The first-order valence-corrected chi connectivity index (χ1v) is 7.32. The second-order valence-corrected chi connectivity index (χ2v) is 5.84. The number of ether oxygens (including phenoxy) is 2. The van der Waals surface area contributed by atoms with Crippen LogP contribution in [0.2, 0.25) is 0 Å². The van der Waals surface area contributed by atoms with Gasteiger partial charge in [-0.05, 0) is 64.7 Å². The summed E-state index contributed by atoms with van der Waals surface area (Å²) in [5, 5.41) is 3.47. The molecule has 0 atom stereocenters. The summed E-state index contributed by atoms with van der Waals surface area (Å²) in [6.45, 7) is 5.25. The standard InChI is InChI=1S/C16H16BrNO2/c1-10-3-4-11(2)14(5-10)18-8-12-6-13(17)16-15(7-12)19-9-20-16/h3-7,18H,8-9H2,1-2H3. The van der Waals surface area contributed by atoms with Gasteiger partial charge in [-0.3, -0.25) is 0 Å². The third kappa shape index (κ3) is 2.61. The molecule has 1 heterocycles. The number of rotatable bonds is 3. The SMILES string of the molecule is Cc1ccc(C)c(NCc2cc(Br)c3c(c2)OCO3)c1. The summed E-state index contributed by atoms with van der Waals surface area (Å²) < 4.78 is 11.8. The van der Waals surface area contributed by atoms with Crippen LogP contribution in [-0.2, 0) is 6.54 Å². The monoisotopic (exact) mass is 333 g/mol. The van der Waals surface area contributed by atoms with Crippen molar-refractivity contribution >= 4 is 21.6 Å². The van der Waals surface area contributed by atoms with E-state index in [2.05, 4.69) is 59.4 Å². The van der Waals surface area contributed by atoms with Crippen molar-refractivity contribution in [1.82, 2.24) is 0 Å². The number of aryl methyl sites for hydroxylation is 2. The van der Waals surface area contributed by atoms with Crippen LogP contribution in [0.25, 0.3) is 0 Å². The third-order valence-electron chi connectivity index (χ3n) is 3.36. The van der Waals surface area contributed by atoms with E-state index in [0.717, 1.165) is 28.1 Å². The zero-order valence-corrected chi connectivity index (χ0v) is 13.1. The van der Waals surface area contributed by atoms with E-state index < -0.39 is 0 Å². The molecule has 2 aromatic carbocycles. The Bertz CT molecular complexity index is 655. The minimum atomic E-state index is 0.293. The van der Waals surface area contributed by atoms with Gasteiger partial charge in [-0.25, -0.2) is 0 Å². The summed E-state index contributed by atoms with van der Waals surface area (Å²) in [6, 6.07) is 10.5. The van der Waals surface area contributed by atoms with E-state index in [1.807, 2.05) is 6.07 Å². The number of halogens is 1. The molecule has 1 N–H and O–H groups in total. The first kappa shape index (κ1) is 13.3. The fraction of sp³-hybridized carbons (Fsp3) is 0.250. The van der Waals surface area contributed by atoms with Crippen molar-refractivity contribution in [3.8, 4) is 11.5 Å². The van der Waals surface area contributed by atoms with Crippen LogP contribution in [0, 0.1) is 13.8 Å². The van der Waals surface area contributed by atoms with Crippen LogP contribution < -0.4 is 14.8 Å². The van der Waals surface area contributed by atoms with Gasteiger partial charge in [-0.2, -0.15) is 0 Å². The summed E-state index contributed by atoms with van der Waals surface area (Å²) in [6.07, 6.45) is 0. The van der Waals surface area contributed by atoms with Crippen LogP contribution in [0.3, 0.4) is 0 Å². The summed E-state index contributed by atoms with van der Waals surface area (Å²) in [7, 11) is 0. The van der Waals surface area contributed by atoms with Crippen LogP contribution in [0.5, 0.6) is 11.5 Å². The predicted octanol–water partition coefficient (Wildman–Crippen LogP) is 4.41. The molecular weight excluding hydrogens is 318 g/mol. The number of hydrogen-bond donors (Lipinski definition) is 1. The Kier molecular flexibility index (Phi) is 3.57. The van der Waals surface area contributed by atoms with Gasteiger partial charge < -0.3 is 14.8 Å². The maximum absolute atomic E-state index is 5.43. The van der Waals surface area contributed by atoms with Gasteiger partial charge in [-0.1, -0.05) is 12.1 Å². The van der Waals surface area contributed by atoms with Crippen LogP contribution in [0.4, 0.5) is 5.69 Å². The molecule has 2 aromatic rings. The minimum absolute atomic E-state index is 0.293. The lowest BCUT2D eigenvalue weighted by Gasteiger charge is -2.11. The molecule has 3 nitrogen and oxygen atoms in total. The van der Waals surface area contributed by atoms with Crippen molar-refractivity contribution in [3.63, 3.8) is 0 Å². The molecule has 1 aliphatic rings. The minimum Gasteiger partial charge on any atom is -0.454 e. The highest BCUT2D eigenvalue weighted by molar-refractivity contribution is 9.10. The smallest absolute Gasteiger partial charge is 0.231 e. The number of fused-ring (bicyclic) bond motifs is 1. The van der Waals surface area contributed by atoms with Gasteiger partial charge in [-0.15, -0.1) is 0 Å². The van der Waals surface area contributed by atoms with Crippen molar-refractivity contribution in [2.75, 3.05) is 12.1 Å². The maximum atomic E-state index is 5.43. The van der Waals surface area contributed by atoms with E-state index in [1.165, 1.54) is 16.8 Å². The van der Waals surface area contributed by atoms with Crippen LogP contribution in [-0.4, -0.2) is 6.79 Å². The highest BCUT2D eigenvalue weighted by atomic mass is 79.9. The molecule has 0 aliphatic carbocycles. The van der Waals surface area contributed by atoms with Crippen molar-refractivity contribution < 1.29 is 9.47 Å². The normalized spacial score (nSPS) is 12.6. The molecular formula is C16H16BrNO2. The second-order valence-electron chi connectivity index (χ2n) is 4.98. The van der Waals surface area contributed by atoms with E-state index in [0.29, 0.717) is 6.79 Å². The fourth-order valence-electron chi connectivity index (χ4n) is 2.25. The van der Waals surface area contributed by atoms with Crippen molar-refractivity contribution in [3.05, 3.63) is 51.5 Å². The average molecular weight is 334 g/mol. The van der Waals surface area contributed by atoms with Crippen molar-refractivity contribution in [2.24, 2.45) is 0 Å². The molecule has 3 rings (SSSR count). The fourth-order valence-corrected chi connectivity index (χ4v) is 2.85. The van der Waals surface area contributed by atoms with E-state index in [9.17, 15) is 0 Å². The molecule has 0 amide bonds. The molecule has 0 fully saturated rings. The Morgan fingerprint density at radius 3 is 2.85 bits per heavy atom. The van der Waals surface area contributed by atoms with E-state index in [-0.39, 0.29) is 0 Å². The van der Waals surface area contributed by atoms with Crippen LogP contribution in [0.15, 0.2) is 34.8 Å². The lowest BCUT2D eigenvalue weighted by Crippen LogP contribution is -2.01. The second kappa shape index (κ2) is 5.37. The molecule has 0 spiro atoms. The Balaban J connectivity index is 1.79. The molecule has 1 aliphatic heterocycles. The highest BCUT2D eigenvalue weighted by Gasteiger charge is 2.17. The number of benzene rings is 2. The highest BCUT2D eigenvalue weighted by Crippen LogP contribution is 2.40. The average Bonchev–Trinajstić information content (AvgIpc) is 2.89. The van der Waals surface area contributed by atoms with E-state index in [4.69, 9.17) is 9.47 Å². The van der Waals surface area contributed by atoms with Gasteiger partial charge in [0.25, 0.3) is 0 Å². The maximum Gasteiger partial charge on any atom is 0.231 e. The van der Waals surface area contributed by atoms with Crippen molar-refractivity contribution in [2.45, 2.75) is 20.4 Å². The number of anilines is 1. The molecule has 0 saturated heterocycles. The third-order valence-corrected chi connectivity index (χ3v) is 3.95. The Morgan fingerprint density at radius 2 is 2.00 bits per heavy atom. The predicted molar refractivity (Wildman–Crippen MR) is 83.5 cm³/mol. The van der Waals surface area contributed by atoms with Gasteiger partial charge in [0.1, 0.15) is 0 Å². The zero-order valence-electron chi connectivity index (χ0n) is 11.5. The quantitative estimate of drug-likeness (QED) is 0.902. The largest absolute Gasteiger partial charge is 0.454 e.